The van der Waals surface area contributed by atoms with Crippen molar-refractivity contribution < 1.29 is 4.92 Å². The van der Waals surface area contributed by atoms with Gasteiger partial charge in [0, 0.05) is 28.7 Å². The average molecular weight is 260 g/mol. The van der Waals surface area contributed by atoms with E-state index in [0.29, 0.717) is 11.8 Å². The van der Waals surface area contributed by atoms with Gasteiger partial charge in [-0.3, -0.25) is 10.1 Å². The first-order chi connectivity index (χ1) is 7.52. The smallest absolute Gasteiger partial charge is 0.258 e. The second kappa shape index (κ2) is 6.11. The SMILES string of the molecule is Cc1cc(SCC(C)CCl)cc([N+](=O)[O-])c1. The highest BCUT2D eigenvalue weighted by atomic mass is 35.5. The minimum absolute atomic E-state index is 0.154. The summed E-state index contributed by atoms with van der Waals surface area (Å²) < 4.78 is 0. The fraction of sp³-hybridized carbons (Fsp3) is 0.455. The third kappa shape index (κ3) is 4.02. The van der Waals surface area contributed by atoms with Gasteiger partial charge in [-0.15, -0.1) is 23.4 Å². The molecular weight excluding hydrogens is 246 g/mol. The first-order valence-corrected chi connectivity index (χ1v) is 6.49. The summed E-state index contributed by atoms with van der Waals surface area (Å²) in [6.07, 6.45) is 0. The van der Waals surface area contributed by atoms with E-state index in [0.717, 1.165) is 16.2 Å². The Hall–Kier alpha value is -0.740. The second-order valence-electron chi connectivity index (χ2n) is 3.83. The molecule has 0 radical (unpaired) electrons. The number of benzene rings is 1. The topological polar surface area (TPSA) is 43.1 Å². The van der Waals surface area contributed by atoms with E-state index in [-0.39, 0.29) is 10.6 Å². The van der Waals surface area contributed by atoms with Gasteiger partial charge < -0.3 is 0 Å². The summed E-state index contributed by atoms with van der Waals surface area (Å²) in [6, 6.07) is 5.15. The van der Waals surface area contributed by atoms with Crippen LogP contribution in [0, 0.1) is 23.0 Å². The Bertz CT molecular complexity index is 384. The third-order valence-corrected chi connectivity index (χ3v) is 3.88. The number of rotatable bonds is 5. The molecule has 0 aliphatic carbocycles. The maximum Gasteiger partial charge on any atom is 0.270 e. The lowest BCUT2D eigenvalue weighted by Gasteiger charge is -2.07. The van der Waals surface area contributed by atoms with Gasteiger partial charge in [0.2, 0.25) is 0 Å². The summed E-state index contributed by atoms with van der Waals surface area (Å²) >= 11 is 7.32. The highest BCUT2D eigenvalue weighted by Gasteiger charge is 2.09. The van der Waals surface area contributed by atoms with Gasteiger partial charge in [-0.1, -0.05) is 6.92 Å². The zero-order chi connectivity index (χ0) is 12.1. The van der Waals surface area contributed by atoms with Crippen LogP contribution in [0.1, 0.15) is 12.5 Å². The number of thioether (sulfide) groups is 1. The molecule has 1 aromatic rings. The Kier molecular flexibility index (Phi) is 5.09. The number of nitro benzene ring substituents is 1. The molecule has 5 heteroatoms. The van der Waals surface area contributed by atoms with Crippen LogP contribution < -0.4 is 0 Å². The molecule has 1 aromatic carbocycles. The largest absolute Gasteiger partial charge is 0.270 e. The van der Waals surface area contributed by atoms with E-state index in [1.54, 1.807) is 23.9 Å². The van der Waals surface area contributed by atoms with Crippen molar-refractivity contribution in [3.8, 4) is 0 Å². The Morgan fingerprint density at radius 3 is 2.75 bits per heavy atom. The Morgan fingerprint density at radius 1 is 1.50 bits per heavy atom. The lowest BCUT2D eigenvalue weighted by Crippen LogP contribution is -1.99. The predicted octanol–water partition coefficient (Wildman–Crippen LogP) is 3.87. The molecule has 0 heterocycles. The number of hydrogen-bond donors (Lipinski definition) is 0. The number of aryl methyl sites for hydroxylation is 1. The van der Waals surface area contributed by atoms with Crippen molar-refractivity contribution in [1.82, 2.24) is 0 Å². The van der Waals surface area contributed by atoms with Crippen LogP contribution >= 0.6 is 23.4 Å². The quantitative estimate of drug-likeness (QED) is 0.349. The van der Waals surface area contributed by atoms with Gasteiger partial charge in [-0.2, -0.15) is 0 Å². The maximum absolute atomic E-state index is 10.7. The van der Waals surface area contributed by atoms with Crippen molar-refractivity contribution in [1.29, 1.82) is 0 Å². The van der Waals surface area contributed by atoms with Crippen LogP contribution in [0.5, 0.6) is 0 Å². The van der Waals surface area contributed by atoms with Crippen LogP contribution in [0.15, 0.2) is 23.1 Å². The van der Waals surface area contributed by atoms with Gasteiger partial charge in [-0.05, 0) is 24.5 Å². The van der Waals surface area contributed by atoms with Crippen molar-refractivity contribution in [2.24, 2.45) is 5.92 Å². The first kappa shape index (κ1) is 13.3. The Morgan fingerprint density at radius 2 is 2.19 bits per heavy atom. The number of hydrogen-bond acceptors (Lipinski definition) is 3. The molecule has 0 saturated heterocycles. The molecule has 0 N–H and O–H groups in total. The number of non-ortho nitro benzene ring substituents is 1. The molecule has 3 nitrogen and oxygen atoms in total. The summed E-state index contributed by atoms with van der Waals surface area (Å²) in [6.45, 7) is 3.92. The van der Waals surface area contributed by atoms with Crippen LogP contribution in [-0.2, 0) is 0 Å². The van der Waals surface area contributed by atoms with E-state index < -0.39 is 0 Å². The van der Waals surface area contributed by atoms with Gasteiger partial charge in [0.25, 0.3) is 5.69 Å². The molecule has 0 bridgehead atoms. The van der Waals surface area contributed by atoms with Gasteiger partial charge in [-0.25, -0.2) is 0 Å². The minimum atomic E-state index is -0.359. The molecule has 88 valence electrons. The number of nitrogens with zero attached hydrogens (tertiary/aromatic N) is 1. The summed E-state index contributed by atoms with van der Waals surface area (Å²) in [5.41, 5.74) is 1.07. The Labute approximate surface area is 104 Å². The molecular formula is C11H14ClNO2S. The van der Waals surface area contributed by atoms with Crippen molar-refractivity contribution in [2.75, 3.05) is 11.6 Å². The molecule has 1 atom stereocenters. The second-order valence-corrected chi connectivity index (χ2v) is 5.23. The lowest BCUT2D eigenvalue weighted by atomic mass is 10.2. The van der Waals surface area contributed by atoms with E-state index in [1.807, 2.05) is 13.0 Å². The molecule has 16 heavy (non-hydrogen) atoms. The van der Waals surface area contributed by atoms with E-state index in [4.69, 9.17) is 11.6 Å². The van der Waals surface area contributed by atoms with E-state index in [1.165, 1.54) is 0 Å². The summed E-state index contributed by atoms with van der Waals surface area (Å²) in [7, 11) is 0. The molecule has 1 unspecified atom stereocenters. The maximum atomic E-state index is 10.7. The number of alkyl halides is 1. The van der Waals surface area contributed by atoms with Crippen molar-refractivity contribution in [3.63, 3.8) is 0 Å². The Balaban J connectivity index is 2.76. The van der Waals surface area contributed by atoms with E-state index in [2.05, 4.69) is 6.92 Å². The third-order valence-electron chi connectivity index (χ3n) is 2.04. The lowest BCUT2D eigenvalue weighted by molar-refractivity contribution is -0.385. The van der Waals surface area contributed by atoms with Crippen LogP contribution in [-0.4, -0.2) is 16.6 Å². The van der Waals surface area contributed by atoms with Gasteiger partial charge in [0.1, 0.15) is 0 Å². The fourth-order valence-corrected chi connectivity index (χ4v) is 2.51. The van der Waals surface area contributed by atoms with Crippen molar-refractivity contribution >= 4 is 29.1 Å². The van der Waals surface area contributed by atoms with Crippen LogP contribution in [0.2, 0.25) is 0 Å². The molecule has 0 aromatic heterocycles. The minimum Gasteiger partial charge on any atom is -0.258 e. The zero-order valence-corrected chi connectivity index (χ0v) is 10.8. The molecule has 0 amide bonds. The highest BCUT2D eigenvalue weighted by Crippen LogP contribution is 2.26. The van der Waals surface area contributed by atoms with Crippen molar-refractivity contribution in [3.05, 3.63) is 33.9 Å². The molecule has 0 fully saturated rings. The fourth-order valence-electron chi connectivity index (χ4n) is 1.20. The van der Waals surface area contributed by atoms with Crippen LogP contribution in [0.4, 0.5) is 5.69 Å². The zero-order valence-electron chi connectivity index (χ0n) is 9.27. The number of halogens is 1. The number of nitro groups is 1. The summed E-state index contributed by atoms with van der Waals surface area (Å²) in [5, 5.41) is 10.7. The first-order valence-electron chi connectivity index (χ1n) is 4.97. The monoisotopic (exact) mass is 259 g/mol. The average Bonchev–Trinajstić information content (AvgIpc) is 2.25. The molecule has 0 aliphatic rings. The van der Waals surface area contributed by atoms with E-state index >= 15 is 0 Å². The summed E-state index contributed by atoms with van der Waals surface area (Å²) in [5.74, 6) is 1.90. The van der Waals surface area contributed by atoms with Gasteiger partial charge in [0.05, 0.1) is 4.92 Å². The predicted molar refractivity (Wildman–Crippen MR) is 68.4 cm³/mol. The molecule has 0 saturated carbocycles. The standard InChI is InChI=1S/C11H14ClNO2S/c1-8-3-10(13(14)15)5-11(4-8)16-7-9(2)6-12/h3-5,9H,6-7H2,1-2H3. The summed E-state index contributed by atoms with van der Waals surface area (Å²) in [4.78, 5) is 11.2. The van der Waals surface area contributed by atoms with Crippen LogP contribution in [0.3, 0.4) is 0 Å². The molecule has 0 spiro atoms. The van der Waals surface area contributed by atoms with Crippen LogP contribution in [0.25, 0.3) is 0 Å². The van der Waals surface area contributed by atoms with Gasteiger partial charge in [0.15, 0.2) is 0 Å². The van der Waals surface area contributed by atoms with E-state index in [9.17, 15) is 10.1 Å². The van der Waals surface area contributed by atoms with Gasteiger partial charge >= 0.3 is 0 Å². The highest BCUT2D eigenvalue weighted by molar-refractivity contribution is 7.99. The molecule has 1 rings (SSSR count). The molecule has 0 aliphatic heterocycles. The van der Waals surface area contributed by atoms with Crippen molar-refractivity contribution in [2.45, 2.75) is 18.7 Å². The normalized spacial score (nSPS) is 12.4.